The maximum absolute atomic E-state index is 11.6. The van der Waals surface area contributed by atoms with Crippen LogP contribution in [0.5, 0.6) is 0 Å². The monoisotopic (exact) mass is 170 g/mol. The van der Waals surface area contributed by atoms with Crippen LogP contribution in [0.3, 0.4) is 0 Å². The van der Waals surface area contributed by atoms with E-state index < -0.39 is 0 Å². The zero-order chi connectivity index (χ0) is 9.03. The summed E-state index contributed by atoms with van der Waals surface area (Å²) in [4.78, 5) is 11.6. The van der Waals surface area contributed by atoms with Gasteiger partial charge in [0.25, 0.3) is 0 Å². The number of carbonyl (C=O) groups excluding carboxylic acids is 1. The first kappa shape index (κ1) is 9.52. The molecule has 2 N–H and O–H groups in total. The Balaban J connectivity index is 2.64. The van der Waals surface area contributed by atoms with Crippen molar-refractivity contribution in [1.29, 1.82) is 0 Å². The minimum atomic E-state index is -0.247. The molecule has 3 nitrogen and oxygen atoms in total. The van der Waals surface area contributed by atoms with E-state index in [0.717, 1.165) is 32.2 Å². The predicted molar refractivity (Wildman–Crippen MR) is 48.9 cm³/mol. The van der Waals surface area contributed by atoms with Gasteiger partial charge in [-0.1, -0.05) is 13.3 Å². The zero-order valence-corrected chi connectivity index (χ0v) is 7.94. The van der Waals surface area contributed by atoms with Crippen LogP contribution in [0, 0.1) is 0 Å². The van der Waals surface area contributed by atoms with Gasteiger partial charge in [-0.05, 0) is 25.8 Å². The summed E-state index contributed by atoms with van der Waals surface area (Å²) in [5.74, 6) is 0.154. The van der Waals surface area contributed by atoms with Gasteiger partial charge in [0.05, 0.1) is 5.54 Å². The van der Waals surface area contributed by atoms with Crippen molar-refractivity contribution in [1.82, 2.24) is 10.6 Å². The van der Waals surface area contributed by atoms with Crippen LogP contribution in [0.15, 0.2) is 0 Å². The predicted octanol–water partition coefficient (Wildman–Crippen LogP) is 0.655. The first-order valence-electron chi connectivity index (χ1n) is 4.72. The van der Waals surface area contributed by atoms with Crippen LogP contribution in [0.25, 0.3) is 0 Å². The lowest BCUT2D eigenvalue weighted by Crippen LogP contribution is -2.52. The van der Waals surface area contributed by atoms with E-state index in [1.165, 1.54) is 0 Å². The van der Waals surface area contributed by atoms with E-state index in [0.29, 0.717) is 0 Å². The summed E-state index contributed by atoms with van der Waals surface area (Å²) >= 11 is 0. The van der Waals surface area contributed by atoms with Crippen LogP contribution in [0.2, 0.25) is 0 Å². The fourth-order valence-electron chi connectivity index (χ4n) is 1.99. The summed E-state index contributed by atoms with van der Waals surface area (Å²) in [6, 6.07) is 0. The van der Waals surface area contributed by atoms with Gasteiger partial charge in [0.1, 0.15) is 0 Å². The van der Waals surface area contributed by atoms with Crippen molar-refractivity contribution in [3.05, 3.63) is 0 Å². The Kier molecular flexibility index (Phi) is 3.09. The number of hydrogen-bond acceptors (Lipinski definition) is 2. The van der Waals surface area contributed by atoms with E-state index in [1.807, 2.05) is 0 Å². The molecular weight excluding hydrogens is 152 g/mol. The molecule has 0 aromatic rings. The van der Waals surface area contributed by atoms with Gasteiger partial charge < -0.3 is 10.6 Å². The molecular formula is C9H18N2O. The fourth-order valence-corrected chi connectivity index (χ4v) is 1.99. The van der Waals surface area contributed by atoms with Crippen LogP contribution in [0.1, 0.15) is 32.6 Å². The van der Waals surface area contributed by atoms with Crippen molar-refractivity contribution in [2.24, 2.45) is 0 Å². The van der Waals surface area contributed by atoms with Gasteiger partial charge in [-0.3, -0.25) is 4.79 Å². The van der Waals surface area contributed by atoms with Crippen molar-refractivity contribution in [3.63, 3.8) is 0 Å². The molecule has 1 atom stereocenters. The van der Waals surface area contributed by atoms with Crippen molar-refractivity contribution in [2.45, 2.75) is 38.1 Å². The Morgan fingerprint density at radius 1 is 1.67 bits per heavy atom. The van der Waals surface area contributed by atoms with Gasteiger partial charge in [-0.25, -0.2) is 0 Å². The molecule has 1 heterocycles. The molecule has 0 spiro atoms. The maximum atomic E-state index is 11.6. The Labute approximate surface area is 73.9 Å². The average molecular weight is 170 g/mol. The third-order valence-corrected chi connectivity index (χ3v) is 2.58. The highest BCUT2D eigenvalue weighted by Crippen LogP contribution is 2.24. The molecule has 70 valence electrons. The second kappa shape index (κ2) is 3.90. The fraction of sp³-hybridized carbons (Fsp3) is 0.889. The van der Waals surface area contributed by atoms with Crippen LogP contribution in [0.4, 0.5) is 0 Å². The second-order valence-electron chi connectivity index (χ2n) is 3.44. The van der Waals surface area contributed by atoms with Crippen LogP contribution in [-0.4, -0.2) is 25.0 Å². The Hall–Kier alpha value is -0.570. The van der Waals surface area contributed by atoms with Crippen molar-refractivity contribution in [2.75, 3.05) is 13.6 Å². The standard InChI is InChI=1S/C9H18N2O/c1-3-5-9(8(12)10-2)6-4-7-11-9/h11H,3-7H2,1-2H3,(H,10,12). The molecule has 12 heavy (non-hydrogen) atoms. The minimum Gasteiger partial charge on any atom is -0.358 e. The van der Waals surface area contributed by atoms with Gasteiger partial charge in [0.15, 0.2) is 0 Å². The van der Waals surface area contributed by atoms with E-state index >= 15 is 0 Å². The summed E-state index contributed by atoms with van der Waals surface area (Å²) < 4.78 is 0. The number of likely N-dealkylation sites (N-methyl/N-ethyl adjacent to an activating group) is 1. The van der Waals surface area contributed by atoms with Gasteiger partial charge >= 0.3 is 0 Å². The highest BCUT2D eigenvalue weighted by molar-refractivity contribution is 5.86. The summed E-state index contributed by atoms with van der Waals surface area (Å²) in [7, 11) is 1.71. The lowest BCUT2D eigenvalue weighted by Gasteiger charge is -2.26. The second-order valence-corrected chi connectivity index (χ2v) is 3.44. The van der Waals surface area contributed by atoms with E-state index in [2.05, 4.69) is 17.6 Å². The lowest BCUT2D eigenvalue weighted by atomic mass is 9.91. The Bertz CT molecular complexity index is 162. The maximum Gasteiger partial charge on any atom is 0.240 e. The molecule has 3 heteroatoms. The molecule has 0 aromatic carbocycles. The van der Waals surface area contributed by atoms with Crippen molar-refractivity contribution in [3.8, 4) is 0 Å². The summed E-state index contributed by atoms with van der Waals surface area (Å²) in [6.45, 7) is 3.10. The van der Waals surface area contributed by atoms with Gasteiger partial charge in [0.2, 0.25) is 5.91 Å². The van der Waals surface area contributed by atoms with Gasteiger partial charge in [0, 0.05) is 7.05 Å². The van der Waals surface area contributed by atoms with Gasteiger partial charge in [-0.15, -0.1) is 0 Å². The van der Waals surface area contributed by atoms with E-state index in [1.54, 1.807) is 7.05 Å². The minimum absolute atomic E-state index is 0.154. The molecule has 0 aliphatic carbocycles. The number of carbonyl (C=O) groups is 1. The molecule has 1 saturated heterocycles. The smallest absolute Gasteiger partial charge is 0.240 e. The zero-order valence-electron chi connectivity index (χ0n) is 7.94. The molecule has 1 fully saturated rings. The van der Waals surface area contributed by atoms with Crippen LogP contribution in [-0.2, 0) is 4.79 Å². The SMILES string of the molecule is CCCC1(C(=O)NC)CCCN1. The molecule has 1 amide bonds. The summed E-state index contributed by atoms with van der Waals surface area (Å²) in [6.07, 6.45) is 4.11. The molecule has 0 bridgehead atoms. The molecule has 0 radical (unpaired) electrons. The third-order valence-electron chi connectivity index (χ3n) is 2.58. The normalized spacial score (nSPS) is 28.8. The average Bonchev–Trinajstić information content (AvgIpc) is 2.53. The highest BCUT2D eigenvalue weighted by atomic mass is 16.2. The molecule has 1 aliphatic rings. The van der Waals surface area contributed by atoms with Crippen LogP contribution < -0.4 is 10.6 Å². The molecule has 1 aliphatic heterocycles. The Morgan fingerprint density at radius 2 is 2.42 bits per heavy atom. The first-order valence-corrected chi connectivity index (χ1v) is 4.72. The lowest BCUT2D eigenvalue weighted by molar-refractivity contribution is -0.126. The van der Waals surface area contributed by atoms with Crippen LogP contribution >= 0.6 is 0 Å². The molecule has 0 aromatic heterocycles. The third kappa shape index (κ3) is 1.61. The summed E-state index contributed by atoms with van der Waals surface area (Å²) in [5.41, 5.74) is -0.247. The summed E-state index contributed by atoms with van der Waals surface area (Å²) in [5, 5.41) is 6.04. The highest BCUT2D eigenvalue weighted by Gasteiger charge is 2.38. The van der Waals surface area contributed by atoms with E-state index in [4.69, 9.17) is 0 Å². The van der Waals surface area contributed by atoms with Crippen molar-refractivity contribution < 1.29 is 4.79 Å². The van der Waals surface area contributed by atoms with E-state index in [-0.39, 0.29) is 11.4 Å². The molecule has 0 saturated carbocycles. The van der Waals surface area contributed by atoms with Crippen molar-refractivity contribution >= 4 is 5.91 Å². The van der Waals surface area contributed by atoms with E-state index in [9.17, 15) is 4.79 Å². The number of rotatable bonds is 3. The number of nitrogens with one attached hydrogen (secondary N) is 2. The number of hydrogen-bond donors (Lipinski definition) is 2. The van der Waals surface area contributed by atoms with Gasteiger partial charge in [-0.2, -0.15) is 0 Å². The topological polar surface area (TPSA) is 41.1 Å². The number of amides is 1. The quantitative estimate of drug-likeness (QED) is 0.653. The molecule has 1 rings (SSSR count). The largest absolute Gasteiger partial charge is 0.358 e. The molecule has 1 unspecified atom stereocenters. The Morgan fingerprint density at radius 3 is 2.83 bits per heavy atom. The first-order chi connectivity index (χ1) is 5.75.